The van der Waals surface area contributed by atoms with E-state index in [1.807, 2.05) is 72.8 Å². The maximum atomic E-state index is 13.2. The highest BCUT2D eigenvalue weighted by molar-refractivity contribution is 5.97. The van der Waals surface area contributed by atoms with E-state index < -0.39 is 0 Å². The van der Waals surface area contributed by atoms with Crippen LogP contribution in [0.4, 0.5) is 5.69 Å². The van der Waals surface area contributed by atoms with Crippen LogP contribution in [0.25, 0.3) is 11.3 Å². The Morgan fingerprint density at radius 2 is 1.71 bits per heavy atom. The Bertz CT molecular complexity index is 1300. The molecule has 1 fully saturated rings. The van der Waals surface area contributed by atoms with Crippen LogP contribution >= 0.6 is 0 Å². The van der Waals surface area contributed by atoms with E-state index in [9.17, 15) is 9.59 Å². The molecule has 1 N–H and O–H groups in total. The van der Waals surface area contributed by atoms with Gasteiger partial charge >= 0.3 is 0 Å². The Kier molecular flexibility index (Phi) is 6.75. The number of nitrogens with zero attached hydrogens (tertiary/aromatic N) is 1. The summed E-state index contributed by atoms with van der Waals surface area (Å²) in [6.45, 7) is 1.07. The van der Waals surface area contributed by atoms with E-state index in [2.05, 4.69) is 23.5 Å². The maximum Gasteiger partial charge on any atom is 0.253 e. The lowest BCUT2D eigenvalue weighted by Crippen LogP contribution is -2.43. The average molecular weight is 465 g/mol. The Morgan fingerprint density at radius 1 is 0.886 bits per heavy atom. The van der Waals surface area contributed by atoms with Gasteiger partial charge in [-0.15, -0.1) is 0 Å². The van der Waals surface area contributed by atoms with Crippen LogP contribution in [0.15, 0.2) is 102 Å². The van der Waals surface area contributed by atoms with E-state index in [-0.39, 0.29) is 17.7 Å². The number of benzene rings is 3. The van der Waals surface area contributed by atoms with E-state index in [1.165, 1.54) is 5.56 Å². The highest BCUT2D eigenvalue weighted by atomic mass is 16.3. The highest BCUT2D eigenvalue weighted by Crippen LogP contribution is 2.24. The van der Waals surface area contributed by atoms with Crippen LogP contribution in [0.3, 0.4) is 0 Å². The summed E-state index contributed by atoms with van der Waals surface area (Å²) in [4.78, 5) is 28.1. The second-order valence-electron chi connectivity index (χ2n) is 9.00. The number of rotatable bonds is 6. The Balaban J connectivity index is 1.23. The summed E-state index contributed by atoms with van der Waals surface area (Å²) < 4.78 is 5.47. The van der Waals surface area contributed by atoms with Crippen LogP contribution in [-0.2, 0) is 11.2 Å². The molecule has 0 radical (unpaired) electrons. The summed E-state index contributed by atoms with van der Waals surface area (Å²) in [7, 11) is 0. The van der Waals surface area contributed by atoms with E-state index in [0.29, 0.717) is 18.7 Å². The van der Waals surface area contributed by atoms with Crippen molar-refractivity contribution in [2.24, 2.45) is 5.92 Å². The molecule has 5 nitrogen and oxygen atoms in total. The van der Waals surface area contributed by atoms with Crippen LogP contribution in [0.2, 0.25) is 0 Å². The summed E-state index contributed by atoms with van der Waals surface area (Å²) in [6.07, 6.45) is 4.00. The van der Waals surface area contributed by atoms with Crippen molar-refractivity contribution in [3.8, 4) is 11.3 Å². The zero-order valence-electron chi connectivity index (χ0n) is 19.5. The van der Waals surface area contributed by atoms with Crippen LogP contribution in [0.1, 0.15) is 34.3 Å². The topological polar surface area (TPSA) is 62.6 Å². The molecular weight excluding hydrogens is 436 g/mol. The Morgan fingerprint density at radius 3 is 2.54 bits per heavy atom. The molecule has 1 atom stereocenters. The zero-order valence-corrected chi connectivity index (χ0v) is 19.5. The molecular formula is C30H28N2O3. The first kappa shape index (κ1) is 22.7. The van der Waals surface area contributed by atoms with Crippen molar-refractivity contribution in [1.82, 2.24) is 4.90 Å². The quantitative estimate of drug-likeness (QED) is 0.379. The standard InChI is InChI=1S/C30H28N2O3/c33-29(31-27-14-4-10-23(19-27)18-22-8-2-1-3-9-22)26-13-6-16-32(21-26)30(34)25-12-5-11-24(20-25)28-15-7-17-35-28/h1-5,7-12,14-15,17,19-20,26H,6,13,16,18,21H2,(H,31,33). The summed E-state index contributed by atoms with van der Waals surface area (Å²) >= 11 is 0. The number of hydrogen-bond donors (Lipinski definition) is 1. The third kappa shape index (κ3) is 5.52. The van der Waals surface area contributed by atoms with Crippen LogP contribution in [0.5, 0.6) is 0 Å². The van der Waals surface area contributed by atoms with Crippen LogP contribution < -0.4 is 5.32 Å². The number of carbonyl (C=O) groups is 2. The molecule has 4 aromatic rings. The van der Waals surface area contributed by atoms with Crippen molar-refractivity contribution in [3.63, 3.8) is 0 Å². The largest absolute Gasteiger partial charge is 0.464 e. The second-order valence-corrected chi connectivity index (χ2v) is 9.00. The van der Waals surface area contributed by atoms with Gasteiger partial charge in [-0.3, -0.25) is 9.59 Å². The fourth-order valence-corrected chi connectivity index (χ4v) is 4.64. The molecule has 176 valence electrons. The van der Waals surface area contributed by atoms with Gasteiger partial charge in [0.05, 0.1) is 12.2 Å². The molecule has 0 saturated carbocycles. The Labute approximate surface area is 205 Å². The number of carbonyl (C=O) groups excluding carboxylic acids is 2. The van der Waals surface area contributed by atoms with Gasteiger partial charge in [0.25, 0.3) is 5.91 Å². The molecule has 1 aliphatic rings. The maximum absolute atomic E-state index is 13.2. The molecule has 1 saturated heterocycles. The molecule has 0 spiro atoms. The number of hydrogen-bond acceptors (Lipinski definition) is 3. The van der Waals surface area contributed by atoms with Gasteiger partial charge in [0.2, 0.25) is 5.91 Å². The first-order valence-electron chi connectivity index (χ1n) is 12.0. The minimum atomic E-state index is -0.237. The molecule has 0 bridgehead atoms. The lowest BCUT2D eigenvalue weighted by atomic mass is 9.96. The molecule has 5 rings (SSSR count). The number of likely N-dealkylation sites (tertiary alicyclic amines) is 1. The zero-order chi connectivity index (χ0) is 24.0. The number of anilines is 1. The fourth-order valence-electron chi connectivity index (χ4n) is 4.64. The first-order valence-corrected chi connectivity index (χ1v) is 12.0. The number of amides is 2. The van der Waals surface area contributed by atoms with Crippen molar-refractivity contribution < 1.29 is 14.0 Å². The minimum absolute atomic E-state index is 0.0382. The predicted octanol–water partition coefficient (Wildman–Crippen LogP) is 6.03. The van der Waals surface area contributed by atoms with Crippen LogP contribution in [0, 0.1) is 5.92 Å². The van der Waals surface area contributed by atoms with E-state index >= 15 is 0 Å². The molecule has 1 unspecified atom stereocenters. The molecule has 1 aliphatic heterocycles. The number of furan rings is 1. The van der Waals surface area contributed by atoms with Gasteiger partial charge in [0.1, 0.15) is 5.76 Å². The second kappa shape index (κ2) is 10.4. The lowest BCUT2D eigenvalue weighted by Gasteiger charge is -2.32. The first-order chi connectivity index (χ1) is 17.2. The normalized spacial score (nSPS) is 15.5. The van der Waals surface area contributed by atoms with Gasteiger partial charge < -0.3 is 14.6 Å². The molecule has 0 aliphatic carbocycles. The Hall–Kier alpha value is -4.12. The highest BCUT2D eigenvalue weighted by Gasteiger charge is 2.29. The summed E-state index contributed by atoms with van der Waals surface area (Å²) in [5.41, 5.74) is 4.63. The molecule has 2 heterocycles. The molecule has 3 aromatic carbocycles. The predicted molar refractivity (Wildman–Crippen MR) is 137 cm³/mol. The van der Waals surface area contributed by atoms with Gasteiger partial charge in [-0.1, -0.05) is 54.6 Å². The minimum Gasteiger partial charge on any atom is -0.464 e. The summed E-state index contributed by atoms with van der Waals surface area (Å²) in [5, 5.41) is 3.08. The van der Waals surface area contributed by atoms with Crippen molar-refractivity contribution in [3.05, 3.63) is 114 Å². The van der Waals surface area contributed by atoms with Gasteiger partial charge in [-0.2, -0.15) is 0 Å². The molecule has 5 heteroatoms. The van der Waals surface area contributed by atoms with Crippen molar-refractivity contribution in [1.29, 1.82) is 0 Å². The van der Waals surface area contributed by atoms with Gasteiger partial charge in [0, 0.05) is 29.9 Å². The monoisotopic (exact) mass is 464 g/mol. The average Bonchev–Trinajstić information content (AvgIpc) is 3.45. The van der Waals surface area contributed by atoms with Crippen molar-refractivity contribution in [2.75, 3.05) is 18.4 Å². The van der Waals surface area contributed by atoms with Gasteiger partial charge in [-0.05, 0) is 66.8 Å². The van der Waals surface area contributed by atoms with E-state index in [0.717, 1.165) is 41.8 Å². The number of piperidine rings is 1. The van der Waals surface area contributed by atoms with E-state index in [4.69, 9.17) is 4.42 Å². The number of nitrogens with one attached hydrogen (secondary N) is 1. The van der Waals surface area contributed by atoms with Gasteiger partial charge in [0.15, 0.2) is 0 Å². The van der Waals surface area contributed by atoms with Crippen molar-refractivity contribution >= 4 is 17.5 Å². The van der Waals surface area contributed by atoms with Crippen molar-refractivity contribution in [2.45, 2.75) is 19.3 Å². The smallest absolute Gasteiger partial charge is 0.253 e. The van der Waals surface area contributed by atoms with Crippen LogP contribution in [-0.4, -0.2) is 29.8 Å². The molecule has 35 heavy (non-hydrogen) atoms. The van der Waals surface area contributed by atoms with E-state index in [1.54, 1.807) is 11.2 Å². The lowest BCUT2D eigenvalue weighted by molar-refractivity contribution is -0.121. The molecule has 1 aromatic heterocycles. The summed E-state index contributed by atoms with van der Waals surface area (Å²) in [6, 6.07) is 29.4. The third-order valence-corrected chi connectivity index (χ3v) is 6.44. The molecule has 2 amide bonds. The summed E-state index contributed by atoms with van der Waals surface area (Å²) in [5.74, 6) is 0.397. The third-order valence-electron chi connectivity index (χ3n) is 6.44. The SMILES string of the molecule is O=C(Nc1cccc(Cc2ccccc2)c1)C1CCCN(C(=O)c2cccc(-c3ccco3)c2)C1. The fraction of sp³-hybridized carbons (Fsp3) is 0.200. The van der Waals surface area contributed by atoms with Gasteiger partial charge in [-0.25, -0.2) is 0 Å².